The molecule has 1 aliphatic heterocycles. The zero-order valence-corrected chi connectivity index (χ0v) is 13.5. The van der Waals surface area contributed by atoms with Gasteiger partial charge in [-0.15, -0.1) is 0 Å². The number of esters is 1. The Morgan fingerprint density at radius 1 is 1.26 bits per heavy atom. The number of rotatable bonds is 3. The molecule has 1 unspecified atom stereocenters. The summed E-state index contributed by atoms with van der Waals surface area (Å²) in [5, 5.41) is 2.57. The van der Waals surface area contributed by atoms with Crippen LogP contribution >= 0.6 is 0 Å². The van der Waals surface area contributed by atoms with Crippen LogP contribution in [0, 0.1) is 5.92 Å². The molecule has 1 heterocycles. The molecule has 23 heavy (non-hydrogen) atoms. The lowest BCUT2D eigenvalue weighted by Gasteiger charge is -2.30. The second-order valence-corrected chi connectivity index (χ2v) is 5.75. The van der Waals surface area contributed by atoms with E-state index in [1.54, 1.807) is 36.1 Å². The van der Waals surface area contributed by atoms with Crippen LogP contribution in [-0.4, -0.2) is 42.4 Å². The first-order valence-corrected chi connectivity index (χ1v) is 7.88. The van der Waals surface area contributed by atoms with Gasteiger partial charge in [0.25, 0.3) is 0 Å². The molecule has 1 fully saturated rings. The third kappa shape index (κ3) is 4.55. The van der Waals surface area contributed by atoms with Gasteiger partial charge in [0.2, 0.25) is 0 Å². The second kappa shape index (κ2) is 7.76. The highest BCUT2D eigenvalue weighted by atomic mass is 16.5. The summed E-state index contributed by atoms with van der Waals surface area (Å²) in [6, 6.07) is 6.27. The number of amides is 2. The Balaban J connectivity index is 1.94. The molecule has 0 radical (unpaired) electrons. The van der Waals surface area contributed by atoms with Crippen LogP contribution < -0.4 is 5.32 Å². The molecule has 124 valence electrons. The molecule has 6 nitrogen and oxygen atoms in total. The van der Waals surface area contributed by atoms with Gasteiger partial charge in [-0.3, -0.25) is 9.59 Å². The van der Waals surface area contributed by atoms with E-state index in [9.17, 15) is 14.4 Å². The van der Waals surface area contributed by atoms with Gasteiger partial charge < -0.3 is 15.0 Å². The van der Waals surface area contributed by atoms with Crippen molar-refractivity contribution < 1.29 is 19.1 Å². The van der Waals surface area contributed by atoms with Crippen molar-refractivity contribution >= 4 is 23.5 Å². The van der Waals surface area contributed by atoms with E-state index in [1.165, 1.54) is 0 Å². The number of ether oxygens (including phenoxy) is 1. The molecule has 0 aromatic heterocycles. The fourth-order valence-electron chi connectivity index (χ4n) is 2.61. The number of anilines is 1. The number of hydrogen-bond donors (Lipinski definition) is 1. The molecular formula is C17H22N2O4. The van der Waals surface area contributed by atoms with Gasteiger partial charge in [-0.25, -0.2) is 4.79 Å². The molecule has 1 aromatic rings. The summed E-state index contributed by atoms with van der Waals surface area (Å²) in [5.41, 5.74) is 0.877. The van der Waals surface area contributed by atoms with Gasteiger partial charge in [-0.1, -0.05) is 6.92 Å². The maximum Gasteiger partial charge on any atom is 0.338 e. The van der Waals surface area contributed by atoms with Gasteiger partial charge in [0.15, 0.2) is 0 Å². The Labute approximate surface area is 135 Å². The third-order valence-electron chi connectivity index (χ3n) is 3.79. The highest BCUT2D eigenvalue weighted by molar-refractivity contribution is 6.39. The predicted octanol–water partition coefficient (Wildman–Crippen LogP) is 2.06. The smallest absolute Gasteiger partial charge is 0.338 e. The second-order valence-electron chi connectivity index (χ2n) is 5.75. The highest BCUT2D eigenvalue weighted by Gasteiger charge is 2.26. The first kappa shape index (κ1) is 17.0. The van der Waals surface area contributed by atoms with Crippen LogP contribution in [0.25, 0.3) is 0 Å². The summed E-state index contributed by atoms with van der Waals surface area (Å²) >= 11 is 0. The largest absolute Gasteiger partial charge is 0.462 e. The van der Waals surface area contributed by atoms with E-state index >= 15 is 0 Å². The van der Waals surface area contributed by atoms with E-state index in [0.29, 0.717) is 36.9 Å². The number of carbonyl (C=O) groups is 3. The Morgan fingerprint density at radius 3 is 2.57 bits per heavy atom. The molecule has 1 aromatic carbocycles. The van der Waals surface area contributed by atoms with Gasteiger partial charge in [0, 0.05) is 18.8 Å². The molecule has 0 bridgehead atoms. The van der Waals surface area contributed by atoms with E-state index in [-0.39, 0.29) is 0 Å². The van der Waals surface area contributed by atoms with E-state index in [2.05, 4.69) is 12.2 Å². The monoisotopic (exact) mass is 318 g/mol. The van der Waals surface area contributed by atoms with Crippen molar-refractivity contribution in [3.05, 3.63) is 29.8 Å². The van der Waals surface area contributed by atoms with Crippen LogP contribution in [0.2, 0.25) is 0 Å². The molecule has 1 N–H and O–H groups in total. The average Bonchev–Trinajstić information content (AvgIpc) is 2.55. The van der Waals surface area contributed by atoms with Gasteiger partial charge in [-0.05, 0) is 49.9 Å². The summed E-state index contributed by atoms with van der Waals surface area (Å²) in [7, 11) is 0. The fraction of sp³-hybridized carbons (Fsp3) is 0.471. The number of carbonyl (C=O) groups excluding carboxylic acids is 3. The van der Waals surface area contributed by atoms with Crippen molar-refractivity contribution in [3.8, 4) is 0 Å². The van der Waals surface area contributed by atoms with Crippen LogP contribution in [0.3, 0.4) is 0 Å². The Bertz CT molecular complexity index is 583. The Kier molecular flexibility index (Phi) is 5.73. The van der Waals surface area contributed by atoms with E-state index in [0.717, 1.165) is 12.8 Å². The van der Waals surface area contributed by atoms with Crippen LogP contribution in [-0.2, 0) is 14.3 Å². The maximum absolute atomic E-state index is 12.1. The summed E-state index contributed by atoms with van der Waals surface area (Å²) in [6.45, 7) is 5.36. The minimum absolute atomic E-state index is 0.306. The molecule has 6 heteroatoms. The van der Waals surface area contributed by atoms with Crippen molar-refractivity contribution in [1.82, 2.24) is 4.90 Å². The average molecular weight is 318 g/mol. The highest BCUT2D eigenvalue weighted by Crippen LogP contribution is 2.16. The number of hydrogen-bond acceptors (Lipinski definition) is 4. The van der Waals surface area contributed by atoms with Crippen LogP contribution in [0.5, 0.6) is 0 Å². The zero-order valence-electron chi connectivity index (χ0n) is 13.5. The fourth-order valence-corrected chi connectivity index (χ4v) is 2.61. The predicted molar refractivity (Wildman–Crippen MR) is 86.0 cm³/mol. The number of benzene rings is 1. The van der Waals surface area contributed by atoms with Gasteiger partial charge >= 0.3 is 17.8 Å². The molecule has 2 rings (SSSR count). The van der Waals surface area contributed by atoms with Crippen molar-refractivity contribution in [2.24, 2.45) is 5.92 Å². The molecular weight excluding hydrogens is 296 g/mol. The third-order valence-corrected chi connectivity index (χ3v) is 3.79. The zero-order chi connectivity index (χ0) is 16.8. The summed E-state index contributed by atoms with van der Waals surface area (Å²) < 4.78 is 4.89. The Morgan fingerprint density at radius 2 is 1.96 bits per heavy atom. The molecule has 1 aliphatic rings. The van der Waals surface area contributed by atoms with E-state index in [1.807, 2.05) is 0 Å². The van der Waals surface area contributed by atoms with Crippen LogP contribution in [0.4, 0.5) is 5.69 Å². The van der Waals surface area contributed by atoms with Gasteiger partial charge in [0.1, 0.15) is 0 Å². The van der Waals surface area contributed by atoms with Crippen molar-refractivity contribution in [1.29, 1.82) is 0 Å². The number of nitrogens with zero attached hydrogens (tertiary/aromatic N) is 1. The van der Waals surface area contributed by atoms with E-state index < -0.39 is 17.8 Å². The maximum atomic E-state index is 12.1. The molecule has 0 saturated carbocycles. The summed E-state index contributed by atoms with van der Waals surface area (Å²) in [5.74, 6) is -1.15. The molecule has 1 atom stereocenters. The number of likely N-dealkylation sites (tertiary alicyclic amines) is 1. The lowest BCUT2D eigenvalue weighted by Crippen LogP contribution is -2.44. The van der Waals surface area contributed by atoms with Crippen molar-refractivity contribution in [2.45, 2.75) is 26.7 Å². The molecule has 1 saturated heterocycles. The minimum atomic E-state index is -0.650. The first-order chi connectivity index (χ1) is 11.0. The normalized spacial score (nSPS) is 17.5. The van der Waals surface area contributed by atoms with Gasteiger partial charge in [0.05, 0.1) is 12.2 Å². The summed E-state index contributed by atoms with van der Waals surface area (Å²) in [4.78, 5) is 37.3. The van der Waals surface area contributed by atoms with Crippen LogP contribution in [0.15, 0.2) is 24.3 Å². The van der Waals surface area contributed by atoms with E-state index in [4.69, 9.17) is 4.74 Å². The number of nitrogens with one attached hydrogen (secondary N) is 1. The Hall–Kier alpha value is -2.37. The van der Waals surface area contributed by atoms with Crippen molar-refractivity contribution in [2.75, 3.05) is 25.0 Å². The lowest BCUT2D eigenvalue weighted by molar-refractivity contribution is -0.144. The lowest BCUT2D eigenvalue weighted by atomic mass is 10.0. The van der Waals surface area contributed by atoms with Gasteiger partial charge in [-0.2, -0.15) is 0 Å². The van der Waals surface area contributed by atoms with Crippen molar-refractivity contribution in [3.63, 3.8) is 0 Å². The molecule has 0 aliphatic carbocycles. The topological polar surface area (TPSA) is 75.7 Å². The molecule has 2 amide bonds. The standard InChI is InChI=1S/C17H22N2O4/c1-3-23-17(22)13-6-8-14(9-7-13)18-15(20)16(21)19-10-4-5-12(2)11-19/h6-9,12H,3-5,10-11H2,1-2H3,(H,18,20). The minimum Gasteiger partial charge on any atom is -0.462 e. The quantitative estimate of drug-likeness (QED) is 0.684. The molecule has 0 spiro atoms. The SMILES string of the molecule is CCOC(=O)c1ccc(NC(=O)C(=O)N2CCCC(C)C2)cc1. The summed E-state index contributed by atoms with van der Waals surface area (Å²) in [6.07, 6.45) is 2.01. The van der Waals surface area contributed by atoms with Crippen LogP contribution in [0.1, 0.15) is 37.0 Å². The number of piperidine rings is 1. The first-order valence-electron chi connectivity index (χ1n) is 7.88.